The first-order valence-electron chi connectivity index (χ1n) is 6.50. The van der Waals surface area contributed by atoms with E-state index in [4.69, 9.17) is 0 Å². The summed E-state index contributed by atoms with van der Waals surface area (Å²) in [6.07, 6.45) is 0. The third-order valence-electron chi connectivity index (χ3n) is 2.78. The van der Waals surface area contributed by atoms with E-state index in [1.807, 2.05) is 50.4 Å². The molecule has 0 atom stereocenters. The highest BCUT2D eigenvalue weighted by Gasteiger charge is 1.98. The highest BCUT2D eigenvalue weighted by atomic mass is 14.9. The van der Waals surface area contributed by atoms with Crippen molar-refractivity contribution < 1.29 is 0 Å². The summed E-state index contributed by atoms with van der Waals surface area (Å²) in [5, 5.41) is 6.48. The molecule has 0 amide bonds. The first-order valence-corrected chi connectivity index (χ1v) is 6.50. The highest BCUT2D eigenvalue weighted by Crippen LogP contribution is 2.01. The molecule has 2 N–H and O–H groups in total. The van der Waals surface area contributed by atoms with Crippen molar-refractivity contribution in [1.82, 2.24) is 20.6 Å². The Hall–Kier alpha value is -1.78. The number of aromatic nitrogens is 2. The molecule has 0 aliphatic carbocycles. The summed E-state index contributed by atoms with van der Waals surface area (Å²) in [7, 11) is 1.93. The Morgan fingerprint density at radius 2 is 1.42 bits per heavy atom. The van der Waals surface area contributed by atoms with Gasteiger partial charge in [0.25, 0.3) is 0 Å². The second-order valence-electron chi connectivity index (χ2n) is 4.52. The number of hydrogen-bond donors (Lipinski definition) is 2. The highest BCUT2D eigenvalue weighted by molar-refractivity contribution is 5.12. The molecule has 0 saturated heterocycles. The minimum Gasteiger partial charge on any atom is -0.314 e. The molecule has 4 heteroatoms. The van der Waals surface area contributed by atoms with Crippen LogP contribution in [0.15, 0.2) is 36.4 Å². The molecule has 0 spiro atoms. The molecule has 0 fully saturated rings. The van der Waals surface area contributed by atoms with Gasteiger partial charge in [-0.3, -0.25) is 9.97 Å². The van der Waals surface area contributed by atoms with Gasteiger partial charge in [0, 0.05) is 25.3 Å². The van der Waals surface area contributed by atoms with Crippen molar-refractivity contribution in [3.05, 3.63) is 59.2 Å². The standard InChI is InChI=1S/C15H20N4/c1-12-5-3-6-14(18-12)10-17-11-15-8-4-7-13(19-15)9-16-2/h3-8,16-17H,9-11H2,1-2H3. The SMILES string of the molecule is CNCc1cccc(CNCc2cccc(C)n2)n1. The summed E-state index contributed by atoms with van der Waals surface area (Å²) in [5.41, 5.74) is 4.23. The fourth-order valence-corrected chi connectivity index (χ4v) is 1.92. The molecule has 0 aliphatic rings. The molecule has 2 heterocycles. The predicted octanol–water partition coefficient (Wildman–Crippen LogP) is 1.79. The lowest BCUT2D eigenvalue weighted by Crippen LogP contribution is -2.16. The fraction of sp³-hybridized carbons (Fsp3) is 0.333. The Morgan fingerprint density at radius 3 is 2.05 bits per heavy atom. The predicted molar refractivity (Wildman–Crippen MR) is 76.5 cm³/mol. The van der Waals surface area contributed by atoms with E-state index in [2.05, 4.69) is 20.6 Å². The minimum absolute atomic E-state index is 0.757. The molecule has 2 rings (SSSR count). The largest absolute Gasteiger partial charge is 0.314 e. The normalized spacial score (nSPS) is 10.6. The molecule has 19 heavy (non-hydrogen) atoms. The van der Waals surface area contributed by atoms with Crippen molar-refractivity contribution in [3.8, 4) is 0 Å². The van der Waals surface area contributed by atoms with E-state index in [0.29, 0.717) is 0 Å². The summed E-state index contributed by atoms with van der Waals surface area (Å²) in [6, 6.07) is 12.2. The third-order valence-corrected chi connectivity index (χ3v) is 2.78. The summed E-state index contributed by atoms with van der Waals surface area (Å²) in [5.74, 6) is 0. The van der Waals surface area contributed by atoms with E-state index < -0.39 is 0 Å². The van der Waals surface area contributed by atoms with Crippen LogP contribution >= 0.6 is 0 Å². The first-order chi connectivity index (χ1) is 9.28. The first kappa shape index (κ1) is 13.6. The van der Waals surface area contributed by atoms with Gasteiger partial charge in [-0.25, -0.2) is 0 Å². The van der Waals surface area contributed by atoms with Crippen LogP contribution in [-0.4, -0.2) is 17.0 Å². The maximum atomic E-state index is 4.57. The van der Waals surface area contributed by atoms with Crippen LogP contribution in [0.3, 0.4) is 0 Å². The van der Waals surface area contributed by atoms with Gasteiger partial charge in [0.05, 0.1) is 17.1 Å². The van der Waals surface area contributed by atoms with E-state index in [0.717, 1.165) is 42.4 Å². The van der Waals surface area contributed by atoms with Crippen molar-refractivity contribution in [2.24, 2.45) is 0 Å². The Balaban J connectivity index is 1.87. The van der Waals surface area contributed by atoms with Gasteiger partial charge in [-0.2, -0.15) is 0 Å². The number of rotatable bonds is 6. The second kappa shape index (κ2) is 6.97. The van der Waals surface area contributed by atoms with E-state index in [1.54, 1.807) is 0 Å². The summed E-state index contributed by atoms with van der Waals surface area (Å²) >= 11 is 0. The van der Waals surface area contributed by atoms with Gasteiger partial charge in [0.2, 0.25) is 0 Å². The van der Waals surface area contributed by atoms with E-state index in [9.17, 15) is 0 Å². The van der Waals surface area contributed by atoms with Crippen LogP contribution < -0.4 is 10.6 Å². The van der Waals surface area contributed by atoms with Crippen LogP contribution in [0.1, 0.15) is 22.8 Å². The number of aryl methyl sites for hydroxylation is 1. The molecule has 2 aromatic rings. The van der Waals surface area contributed by atoms with Gasteiger partial charge in [-0.1, -0.05) is 12.1 Å². The number of hydrogen-bond acceptors (Lipinski definition) is 4. The summed E-state index contributed by atoms with van der Waals surface area (Å²) < 4.78 is 0. The van der Waals surface area contributed by atoms with Crippen molar-refractivity contribution in [3.63, 3.8) is 0 Å². The van der Waals surface area contributed by atoms with Crippen LogP contribution in [0, 0.1) is 6.92 Å². The molecule has 100 valence electrons. The molecule has 4 nitrogen and oxygen atoms in total. The molecular formula is C15H20N4. The van der Waals surface area contributed by atoms with Crippen molar-refractivity contribution in [1.29, 1.82) is 0 Å². The molecule has 0 radical (unpaired) electrons. The molecule has 2 aromatic heterocycles. The zero-order valence-electron chi connectivity index (χ0n) is 11.5. The van der Waals surface area contributed by atoms with Crippen LogP contribution in [-0.2, 0) is 19.6 Å². The zero-order chi connectivity index (χ0) is 13.5. The number of nitrogens with zero attached hydrogens (tertiary/aromatic N) is 2. The minimum atomic E-state index is 0.757. The van der Waals surface area contributed by atoms with Gasteiger partial charge >= 0.3 is 0 Å². The van der Waals surface area contributed by atoms with E-state index in [1.165, 1.54) is 0 Å². The molecule has 0 aromatic carbocycles. The topological polar surface area (TPSA) is 49.8 Å². The monoisotopic (exact) mass is 256 g/mol. The summed E-state index contributed by atoms with van der Waals surface area (Å²) in [4.78, 5) is 9.02. The lowest BCUT2D eigenvalue weighted by Gasteiger charge is -2.06. The smallest absolute Gasteiger partial charge is 0.0545 e. The quantitative estimate of drug-likeness (QED) is 0.827. The van der Waals surface area contributed by atoms with Gasteiger partial charge in [0.1, 0.15) is 0 Å². The molecule has 0 bridgehead atoms. The van der Waals surface area contributed by atoms with Gasteiger partial charge in [-0.05, 0) is 38.2 Å². The second-order valence-corrected chi connectivity index (χ2v) is 4.52. The van der Waals surface area contributed by atoms with Gasteiger partial charge in [0.15, 0.2) is 0 Å². The molecular weight excluding hydrogens is 236 g/mol. The third kappa shape index (κ3) is 4.43. The van der Waals surface area contributed by atoms with Gasteiger partial charge < -0.3 is 10.6 Å². The van der Waals surface area contributed by atoms with Crippen molar-refractivity contribution in [2.45, 2.75) is 26.6 Å². The van der Waals surface area contributed by atoms with Crippen LogP contribution in [0.25, 0.3) is 0 Å². The average Bonchev–Trinajstić information content (AvgIpc) is 2.40. The van der Waals surface area contributed by atoms with E-state index >= 15 is 0 Å². The average molecular weight is 256 g/mol. The number of nitrogens with one attached hydrogen (secondary N) is 2. The number of pyridine rings is 2. The Kier molecular flexibility index (Phi) is 5.01. The lowest BCUT2D eigenvalue weighted by atomic mass is 10.3. The molecule has 0 saturated carbocycles. The Morgan fingerprint density at radius 1 is 0.842 bits per heavy atom. The van der Waals surface area contributed by atoms with Crippen molar-refractivity contribution in [2.75, 3.05) is 7.05 Å². The Labute approximate surface area is 114 Å². The molecule has 0 unspecified atom stereocenters. The van der Waals surface area contributed by atoms with Gasteiger partial charge in [-0.15, -0.1) is 0 Å². The Bertz CT molecular complexity index is 525. The maximum Gasteiger partial charge on any atom is 0.0545 e. The van der Waals surface area contributed by atoms with Crippen molar-refractivity contribution >= 4 is 0 Å². The van der Waals surface area contributed by atoms with Crippen LogP contribution in [0.5, 0.6) is 0 Å². The maximum absolute atomic E-state index is 4.57. The van der Waals surface area contributed by atoms with E-state index in [-0.39, 0.29) is 0 Å². The zero-order valence-corrected chi connectivity index (χ0v) is 11.5. The van der Waals surface area contributed by atoms with Crippen LogP contribution in [0.2, 0.25) is 0 Å². The van der Waals surface area contributed by atoms with Crippen LogP contribution in [0.4, 0.5) is 0 Å². The summed E-state index contributed by atoms with van der Waals surface area (Å²) in [6.45, 7) is 4.33. The lowest BCUT2D eigenvalue weighted by molar-refractivity contribution is 0.660. The molecule has 0 aliphatic heterocycles. The fourth-order valence-electron chi connectivity index (χ4n) is 1.92.